The van der Waals surface area contributed by atoms with E-state index in [0.717, 1.165) is 64.2 Å². The van der Waals surface area contributed by atoms with E-state index in [1.165, 1.54) is 52.2 Å². The Morgan fingerprint density at radius 1 is 0.514 bits per heavy atom. The van der Waals surface area contributed by atoms with E-state index < -0.39 is 17.9 Å². The van der Waals surface area contributed by atoms with Gasteiger partial charge in [0.1, 0.15) is 17.6 Å². The van der Waals surface area contributed by atoms with Gasteiger partial charge in [-0.15, -0.1) is 12.4 Å². The number of aliphatic hydroxyl groups is 1. The number of methoxy groups -OCH3 is 5. The van der Waals surface area contributed by atoms with Crippen molar-refractivity contribution in [2.75, 3.05) is 122 Å². The Balaban J connectivity index is 0.00000120. The minimum Gasteiger partial charge on any atom is -0.481 e. The van der Waals surface area contributed by atoms with Crippen LogP contribution >= 0.6 is 12.4 Å². The number of carboxylic acid groups (broad SMARTS) is 1. The molecule has 5 saturated heterocycles. The van der Waals surface area contributed by atoms with Gasteiger partial charge in [0, 0.05) is 107 Å². The Morgan fingerprint density at radius 3 is 1.40 bits per heavy atom. The second kappa shape index (κ2) is 60.8. The van der Waals surface area contributed by atoms with Crippen LogP contribution in [0, 0.1) is 23.7 Å². The number of aliphatic hydroxyl groups excluding tert-OH is 1. The number of unbranched alkanes of at least 4 members (excludes halogenated alkanes) is 4. The summed E-state index contributed by atoms with van der Waals surface area (Å²) in [7, 11) is 7.81. The summed E-state index contributed by atoms with van der Waals surface area (Å²) in [6.07, 6.45) is 11.4. The highest BCUT2D eigenvalue weighted by Gasteiger charge is 2.36. The molecule has 594 valence electrons. The SMILES string of the molecule is CCCCCC(=O)N[C@@H]1CCOC[C@@H]1C(=O)OC.CCCCCC(=O)O.CO.COC(=O)C1=C(N[C@H](C)c2ccccc2)CCOC1.COC(=O)C1COCCC1=O.COC(=O)[C@H]1COCC[C@H]1N.COC(=O)[C@H]1COCC[C@H]1N[C@H](C)c1ccccc1.C[C@@H](N)c1ccccc1.Cl.O=C1CCOCC1. The van der Waals surface area contributed by atoms with Crippen molar-refractivity contribution in [3.63, 3.8) is 0 Å². The molecule has 0 spiro atoms. The number of nitrogens with two attached hydrogens (primary N) is 2. The van der Waals surface area contributed by atoms with Crippen LogP contribution in [0.1, 0.15) is 166 Å². The number of ketones is 2. The molecule has 10 atom stereocenters. The third-order valence-corrected chi connectivity index (χ3v) is 17.0. The smallest absolute Gasteiger partial charge is 0.337 e. The van der Waals surface area contributed by atoms with E-state index in [4.69, 9.17) is 64.3 Å². The predicted octanol–water partition coefficient (Wildman–Crippen LogP) is 8.40. The number of carboxylic acids is 1. The molecule has 3 aromatic rings. The average molecular weight is 1510 g/mol. The Morgan fingerprint density at radius 2 is 0.952 bits per heavy atom. The molecule has 9 N–H and O–H groups in total. The maximum Gasteiger partial charge on any atom is 0.337 e. The number of nitrogens with one attached hydrogen (secondary N) is 3. The van der Waals surface area contributed by atoms with Crippen LogP contribution in [-0.2, 0) is 95.3 Å². The van der Waals surface area contributed by atoms with Crippen LogP contribution in [0.2, 0.25) is 0 Å². The number of carbonyl (C=O) groups is 9. The standard InChI is InChI=1S/C15H21NO3.C15H19NO3.C13H23NO4.C8H11N.C7H13NO3.C7H10O4.C6H12O2.C5H8O2.CH4O.ClH/c2*1-11(12-6-4-3-5-7-12)16-14-8-9-19-10-13(14)15(17)18-2;1-3-4-5-6-12(15)14-11-7-8-18-9-10(11)13(16)17-2;1-7(9)8-5-3-2-4-6-8;2*1-10-7(9)5-4-11-3-2-6(5)8;1-2-3-4-5-6(7)8;6-5-1-3-7-4-2-5;1-2;/h3-7,11,13-14,16H,8-10H2,1-2H3;3-7,11,16H,8-10H2,1-2H3;10-11H,3-9H2,1-2H3,(H,14,15);2-7H,9H2,1H3;5-6H,2-4,8H2,1H3;5H,2-4H2,1H3;2-5H2,1H3,(H,7,8);1-4H2;2H,1H3;1H/t11-,13+,14-;11-;10-,11+;7-;5-,6+;;;;;/m11010...../s1. The molecule has 27 nitrogen and oxygen atoms in total. The van der Waals surface area contributed by atoms with Gasteiger partial charge in [-0.2, -0.15) is 0 Å². The molecule has 5 fully saturated rings. The number of halogens is 1. The molecule has 0 aromatic heterocycles. The first-order valence-electron chi connectivity index (χ1n) is 35.9. The Kier molecular flexibility index (Phi) is 56.6. The summed E-state index contributed by atoms with van der Waals surface area (Å²) < 4.78 is 54.3. The molecule has 1 amide bonds. The fourth-order valence-electron chi connectivity index (χ4n) is 10.7. The van der Waals surface area contributed by atoms with Crippen LogP contribution in [0.3, 0.4) is 0 Å². The number of ether oxygens (including phenoxy) is 11. The lowest BCUT2D eigenvalue weighted by Gasteiger charge is -2.32. The van der Waals surface area contributed by atoms with E-state index in [-0.39, 0.29) is 109 Å². The quantitative estimate of drug-likeness (QED) is 0.0228. The summed E-state index contributed by atoms with van der Waals surface area (Å²) in [6.45, 7) is 16.2. The number of hydrogen-bond donors (Lipinski definition) is 7. The zero-order valence-electron chi connectivity index (χ0n) is 63.6. The van der Waals surface area contributed by atoms with Gasteiger partial charge in [0.25, 0.3) is 0 Å². The van der Waals surface area contributed by atoms with Crippen molar-refractivity contribution in [1.82, 2.24) is 16.0 Å². The third kappa shape index (κ3) is 42.0. The molecule has 28 heteroatoms. The first-order chi connectivity index (χ1) is 50.1. The number of Topliss-reactive ketones (excluding diaryl/α,β-unsaturated/α-hetero) is 2. The van der Waals surface area contributed by atoms with E-state index in [1.54, 1.807) is 0 Å². The van der Waals surface area contributed by atoms with Crippen molar-refractivity contribution in [2.45, 2.75) is 167 Å². The molecular formula is C77H122ClN5O22. The highest BCUT2D eigenvalue weighted by molar-refractivity contribution is 5.99. The number of esters is 5. The Bertz CT molecular complexity index is 2880. The number of amides is 1. The van der Waals surface area contributed by atoms with Crippen LogP contribution in [0.5, 0.6) is 0 Å². The first-order valence-corrected chi connectivity index (χ1v) is 35.9. The fraction of sp³-hybridized carbons (Fsp3) is 0.623. The van der Waals surface area contributed by atoms with Crippen molar-refractivity contribution in [1.29, 1.82) is 0 Å². The van der Waals surface area contributed by atoms with Crippen LogP contribution in [0.4, 0.5) is 0 Å². The number of rotatable bonds is 21. The molecule has 0 saturated carbocycles. The highest BCUT2D eigenvalue weighted by atomic mass is 35.5. The van der Waals surface area contributed by atoms with E-state index in [1.807, 2.05) is 73.7 Å². The average Bonchev–Trinajstić information content (AvgIpc) is 0.865. The van der Waals surface area contributed by atoms with Crippen LogP contribution in [-0.4, -0.2) is 204 Å². The Labute approximate surface area is 627 Å². The lowest BCUT2D eigenvalue weighted by Crippen LogP contribution is -2.48. The zero-order valence-corrected chi connectivity index (χ0v) is 64.5. The molecule has 0 radical (unpaired) electrons. The first kappa shape index (κ1) is 97.7. The van der Waals surface area contributed by atoms with Crippen LogP contribution < -0.4 is 27.4 Å². The lowest BCUT2D eigenvalue weighted by molar-refractivity contribution is -0.155. The van der Waals surface area contributed by atoms with E-state index >= 15 is 0 Å². The van der Waals surface area contributed by atoms with Crippen LogP contribution in [0.15, 0.2) is 102 Å². The molecule has 9 rings (SSSR count). The lowest BCUT2D eigenvalue weighted by atomic mass is 9.94. The minimum atomic E-state index is -0.686. The largest absolute Gasteiger partial charge is 0.481 e. The summed E-state index contributed by atoms with van der Waals surface area (Å²) in [5.41, 5.74) is 16.4. The maximum atomic E-state index is 11.8. The van der Waals surface area contributed by atoms with Gasteiger partial charge in [0.05, 0.1) is 112 Å². The van der Waals surface area contributed by atoms with Crippen molar-refractivity contribution < 1.29 is 105 Å². The summed E-state index contributed by atoms with van der Waals surface area (Å²) in [4.78, 5) is 99.9. The fourth-order valence-corrected chi connectivity index (χ4v) is 10.7. The molecular weight excluding hydrogens is 1380 g/mol. The maximum absolute atomic E-state index is 11.8. The summed E-state index contributed by atoms with van der Waals surface area (Å²) in [6, 6.07) is 30.8. The number of aliphatic carboxylic acids is 1. The van der Waals surface area contributed by atoms with Gasteiger partial charge in [-0.1, -0.05) is 131 Å². The number of carbonyl (C=O) groups excluding carboxylic acids is 8. The van der Waals surface area contributed by atoms with Gasteiger partial charge in [-0.3, -0.25) is 38.4 Å². The van der Waals surface area contributed by atoms with Crippen molar-refractivity contribution >= 4 is 65.7 Å². The van der Waals surface area contributed by atoms with Crippen LogP contribution in [0.25, 0.3) is 0 Å². The second-order valence-electron chi connectivity index (χ2n) is 24.8. The van der Waals surface area contributed by atoms with Gasteiger partial charge < -0.3 is 89.7 Å². The van der Waals surface area contributed by atoms with Crippen molar-refractivity contribution in [3.8, 4) is 0 Å². The molecule has 3 aromatic carbocycles. The topological polar surface area (TPSA) is 384 Å². The Hall–Kier alpha value is -7.28. The summed E-state index contributed by atoms with van der Waals surface area (Å²) in [5, 5.41) is 25.0. The molecule has 105 heavy (non-hydrogen) atoms. The van der Waals surface area contributed by atoms with Gasteiger partial charge >= 0.3 is 35.8 Å². The van der Waals surface area contributed by atoms with Gasteiger partial charge in [0.2, 0.25) is 5.91 Å². The van der Waals surface area contributed by atoms with Crippen molar-refractivity contribution in [3.05, 3.63) is 119 Å². The number of benzene rings is 3. The summed E-state index contributed by atoms with van der Waals surface area (Å²) >= 11 is 0. The van der Waals surface area contributed by atoms with Gasteiger partial charge in [-0.25, -0.2) is 4.79 Å². The molecule has 0 aliphatic carbocycles. The van der Waals surface area contributed by atoms with Gasteiger partial charge in [0.15, 0.2) is 5.78 Å². The minimum absolute atomic E-state index is 0. The second-order valence-corrected chi connectivity index (χ2v) is 24.8. The van der Waals surface area contributed by atoms with E-state index in [2.05, 4.69) is 77.4 Å². The molecule has 0 bridgehead atoms. The number of hydrogen-bond acceptors (Lipinski definition) is 25. The summed E-state index contributed by atoms with van der Waals surface area (Å²) in [5.74, 6) is -3.54. The predicted molar refractivity (Wildman–Crippen MR) is 398 cm³/mol. The van der Waals surface area contributed by atoms with E-state index in [0.29, 0.717) is 129 Å². The molecule has 6 aliphatic heterocycles. The monoisotopic (exact) mass is 1500 g/mol. The molecule has 1 unspecified atom stereocenters. The molecule has 6 heterocycles. The molecule has 6 aliphatic rings. The van der Waals surface area contributed by atoms with Crippen molar-refractivity contribution in [2.24, 2.45) is 35.1 Å². The normalized spacial score (nSPS) is 20.8. The zero-order chi connectivity index (χ0) is 77.5. The highest BCUT2D eigenvalue weighted by Crippen LogP contribution is 2.24. The van der Waals surface area contributed by atoms with E-state index in [9.17, 15) is 43.2 Å². The third-order valence-electron chi connectivity index (χ3n) is 17.0. The van der Waals surface area contributed by atoms with Gasteiger partial charge in [-0.05, 0) is 69.6 Å².